The number of hydrogen-bond donors (Lipinski definition) is 3. The molecule has 7 heteroatoms. The van der Waals surface area contributed by atoms with Gasteiger partial charge in [0.1, 0.15) is 0 Å². The highest BCUT2D eigenvalue weighted by Gasteiger charge is 2.24. The summed E-state index contributed by atoms with van der Waals surface area (Å²) in [5, 5.41) is 9.86. The predicted molar refractivity (Wildman–Crippen MR) is 146 cm³/mol. The second-order valence-electron chi connectivity index (χ2n) is 8.80. The molecule has 0 bridgehead atoms. The van der Waals surface area contributed by atoms with Gasteiger partial charge in [-0.05, 0) is 48.7 Å². The van der Waals surface area contributed by atoms with Crippen LogP contribution in [0.15, 0.2) is 53.5 Å². The summed E-state index contributed by atoms with van der Waals surface area (Å²) >= 11 is 0. The molecule has 0 aliphatic carbocycles. The highest BCUT2D eigenvalue weighted by Crippen LogP contribution is 2.31. The minimum absolute atomic E-state index is 0. The predicted octanol–water partition coefficient (Wildman–Crippen LogP) is 4.47. The molecule has 33 heavy (non-hydrogen) atoms. The van der Waals surface area contributed by atoms with Crippen LogP contribution in [0.25, 0.3) is 0 Å². The lowest BCUT2D eigenvalue weighted by Crippen LogP contribution is -2.40. The van der Waals surface area contributed by atoms with E-state index in [0.717, 1.165) is 24.7 Å². The molecule has 1 atom stereocenters. The van der Waals surface area contributed by atoms with E-state index in [9.17, 15) is 4.79 Å². The molecule has 0 spiro atoms. The van der Waals surface area contributed by atoms with Gasteiger partial charge in [-0.2, -0.15) is 0 Å². The smallest absolute Gasteiger partial charge is 0.225 e. The molecule has 3 N–H and O–H groups in total. The van der Waals surface area contributed by atoms with Crippen molar-refractivity contribution in [3.63, 3.8) is 0 Å². The highest BCUT2D eigenvalue weighted by molar-refractivity contribution is 14.0. The number of halogens is 1. The average Bonchev–Trinajstić information content (AvgIpc) is 3.08. The summed E-state index contributed by atoms with van der Waals surface area (Å²) in [6, 6.07) is 16.7. The summed E-state index contributed by atoms with van der Waals surface area (Å²) < 4.78 is 0. The molecular formula is C26H36IN5O. The number of rotatable bonds is 6. The monoisotopic (exact) mass is 561 g/mol. The Kier molecular flexibility index (Phi) is 9.99. The van der Waals surface area contributed by atoms with Gasteiger partial charge in [0.2, 0.25) is 5.91 Å². The molecule has 2 aliphatic heterocycles. The minimum Gasteiger partial charge on any atom is -0.356 e. The summed E-state index contributed by atoms with van der Waals surface area (Å²) in [6.07, 6.45) is 5.81. The lowest BCUT2D eigenvalue weighted by molar-refractivity contribution is -0.116. The largest absolute Gasteiger partial charge is 0.356 e. The van der Waals surface area contributed by atoms with Crippen molar-refractivity contribution >= 4 is 41.5 Å². The zero-order chi connectivity index (χ0) is 22.2. The summed E-state index contributed by atoms with van der Waals surface area (Å²) in [5.74, 6) is 0.966. The van der Waals surface area contributed by atoms with E-state index in [1.54, 1.807) is 7.05 Å². The first kappa shape index (κ1) is 25.5. The van der Waals surface area contributed by atoms with Crippen LogP contribution in [-0.4, -0.2) is 43.4 Å². The minimum atomic E-state index is 0. The number of anilines is 1. The van der Waals surface area contributed by atoms with E-state index in [1.165, 1.54) is 55.5 Å². The van der Waals surface area contributed by atoms with Gasteiger partial charge >= 0.3 is 0 Å². The molecular weight excluding hydrogens is 525 g/mol. The molecule has 1 fully saturated rings. The molecule has 1 saturated heterocycles. The van der Waals surface area contributed by atoms with Crippen LogP contribution in [0, 0.1) is 0 Å². The number of nitrogens with zero attached hydrogens (tertiary/aromatic N) is 2. The number of fused-ring (bicyclic) bond motifs is 1. The Balaban J connectivity index is 0.00000306. The number of amides is 1. The van der Waals surface area contributed by atoms with Crippen molar-refractivity contribution in [3.05, 3.63) is 65.2 Å². The van der Waals surface area contributed by atoms with Crippen molar-refractivity contribution in [1.82, 2.24) is 15.5 Å². The molecule has 1 unspecified atom stereocenters. The van der Waals surface area contributed by atoms with Crippen LogP contribution >= 0.6 is 24.0 Å². The van der Waals surface area contributed by atoms with Gasteiger partial charge < -0.3 is 16.0 Å². The van der Waals surface area contributed by atoms with Crippen molar-refractivity contribution < 1.29 is 4.79 Å². The van der Waals surface area contributed by atoms with Gasteiger partial charge in [-0.3, -0.25) is 14.7 Å². The molecule has 178 valence electrons. The second kappa shape index (κ2) is 12.9. The van der Waals surface area contributed by atoms with E-state index in [2.05, 4.69) is 56.2 Å². The first-order valence-corrected chi connectivity index (χ1v) is 11.9. The third kappa shape index (κ3) is 7.17. The van der Waals surface area contributed by atoms with Crippen LogP contribution in [0.4, 0.5) is 5.69 Å². The quantitative estimate of drug-likeness (QED) is 0.277. The van der Waals surface area contributed by atoms with Gasteiger partial charge in [-0.15, -0.1) is 24.0 Å². The molecule has 0 saturated carbocycles. The number of nitrogens with one attached hydrogen (secondary N) is 3. The van der Waals surface area contributed by atoms with Crippen molar-refractivity contribution in [3.8, 4) is 0 Å². The summed E-state index contributed by atoms with van der Waals surface area (Å²) in [6.45, 7) is 4.80. The Morgan fingerprint density at radius 1 is 1.00 bits per heavy atom. The summed E-state index contributed by atoms with van der Waals surface area (Å²) in [5.41, 5.74) is 4.79. The molecule has 2 aromatic rings. The average molecular weight is 562 g/mol. The van der Waals surface area contributed by atoms with E-state index in [4.69, 9.17) is 0 Å². The Bertz CT molecular complexity index is 940. The Morgan fingerprint density at radius 2 is 1.70 bits per heavy atom. The number of guanidine groups is 1. The zero-order valence-electron chi connectivity index (χ0n) is 19.5. The topological polar surface area (TPSA) is 68.8 Å². The van der Waals surface area contributed by atoms with Crippen molar-refractivity contribution in [1.29, 1.82) is 0 Å². The lowest BCUT2D eigenvalue weighted by Gasteiger charge is -2.26. The van der Waals surface area contributed by atoms with Gasteiger partial charge in [-0.1, -0.05) is 55.3 Å². The van der Waals surface area contributed by atoms with Crippen molar-refractivity contribution in [2.45, 2.75) is 51.1 Å². The number of para-hydroxylation sites is 1. The van der Waals surface area contributed by atoms with E-state index in [-0.39, 0.29) is 35.8 Å². The summed E-state index contributed by atoms with van der Waals surface area (Å²) in [7, 11) is 1.79. The lowest BCUT2D eigenvalue weighted by atomic mass is 9.90. The number of hydrogen-bond acceptors (Lipinski definition) is 3. The fourth-order valence-corrected chi connectivity index (χ4v) is 4.72. The highest BCUT2D eigenvalue weighted by atomic mass is 127. The molecule has 4 rings (SSSR count). The van der Waals surface area contributed by atoms with Crippen molar-refractivity contribution in [2.75, 3.05) is 32.0 Å². The number of aliphatic imine (C=N–C) groups is 1. The standard InChI is InChI=1S/C26H35N5O.HI/c1-27-26(29-18-22-16-25(32)30-24-13-7-6-12-23(22)24)28-17-20-10-4-5-11-21(20)19-31-14-8-2-3-9-15-31;/h4-7,10-13,22H,2-3,8-9,14-19H2,1H3,(H,30,32)(H2,27,28,29);1H. The van der Waals surface area contributed by atoms with Crippen LogP contribution in [0.2, 0.25) is 0 Å². The zero-order valence-corrected chi connectivity index (χ0v) is 21.8. The number of likely N-dealkylation sites (tertiary alicyclic amines) is 1. The van der Waals surface area contributed by atoms with E-state index >= 15 is 0 Å². The van der Waals surface area contributed by atoms with Gasteiger partial charge in [-0.25, -0.2) is 0 Å². The molecule has 6 nitrogen and oxygen atoms in total. The van der Waals surface area contributed by atoms with Crippen LogP contribution in [0.5, 0.6) is 0 Å². The molecule has 2 heterocycles. The van der Waals surface area contributed by atoms with E-state index < -0.39 is 0 Å². The number of benzene rings is 2. The van der Waals surface area contributed by atoms with Gasteiger partial charge in [0.15, 0.2) is 5.96 Å². The van der Waals surface area contributed by atoms with Crippen LogP contribution in [0.1, 0.15) is 54.7 Å². The second-order valence-corrected chi connectivity index (χ2v) is 8.80. The fraction of sp³-hybridized carbons (Fsp3) is 0.462. The first-order chi connectivity index (χ1) is 15.7. The summed E-state index contributed by atoms with van der Waals surface area (Å²) in [4.78, 5) is 19.1. The Labute approximate surface area is 214 Å². The molecule has 2 aromatic carbocycles. The Morgan fingerprint density at radius 3 is 2.45 bits per heavy atom. The third-order valence-electron chi connectivity index (χ3n) is 6.50. The van der Waals surface area contributed by atoms with Gasteiger partial charge in [0.05, 0.1) is 0 Å². The normalized spacial score (nSPS) is 19.0. The molecule has 0 radical (unpaired) electrons. The number of carbonyl (C=O) groups is 1. The SMILES string of the molecule is CN=C(NCc1ccccc1CN1CCCCCC1)NCC1CC(=O)Nc2ccccc21.I. The van der Waals surface area contributed by atoms with E-state index in [0.29, 0.717) is 13.0 Å². The maximum absolute atomic E-state index is 12.1. The van der Waals surface area contributed by atoms with Crippen molar-refractivity contribution in [2.24, 2.45) is 4.99 Å². The van der Waals surface area contributed by atoms with E-state index in [1.807, 2.05) is 18.2 Å². The van der Waals surface area contributed by atoms with Crippen LogP contribution in [-0.2, 0) is 17.9 Å². The first-order valence-electron chi connectivity index (χ1n) is 11.9. The molecule has 2 aliphatic rings. The van der Waals surface area contributed by atoms with Crippen LogP contribution in [0.3, 0.4) is 0 Å². The third-order valence-corrected chi connectivity index (χ3v) is 6.50. The van der Waals surface area contributed by atoms with Gasteiger partial charge in [0.25, 0.3) is 0 Å². The fourth-order valence-electron chi connectivity index (χ4n) is 4.72. The van der Waals surface area contributed by atoms with Crippen LogP contribution < -0.4 is 16.0 Å². The molecule has 1 amide bonds. The van der Waals surface area contributed by atoms with Gasteiger partial charge in [0, 0.05) is 44.7 Å². The number of carbonyl (C=O) groups excluding carboxylic acids is 1. The Hall–Kier alpha value is -2.13. The maximum Gasteiger partial charge on any atom is 0.225 e. The molecule has 0 aromatic heterocycles. The maximum atomic E-state index is 12.1.